The average molecular weight is 446 g/mol. The molecule has 1 amide bonds. The number of anilines is 1. The first-order valence-electron chi connectivity index (χ1n) is 8.92. The Hall–Kier alpha value is -3.99. The monoisotopic (exact) mass is 445 g/mol. The molecule has 0 saturated heterocycles. The molecule has 0 saturated carbocycles. The molecule has 1 heterocycles. The zero-order chi connectivity index (χ0) is 22.5. The van der Waals surface area contributed by atoms with Crippen LogP contribution in [-0.2, 0) is 11.3 Å². The Bertz CT molecular complexity index is 1150. The number of nitrogens with one attached hydrogen (secondary N) is 1. The zero-order valence-electron chi connectivity index (χ0n) is 16.1. The number of hydrogen-bond acceptors (Lipinski definition) is 7. The predicted octanol–water partition coefficient (Wildman–Crippen LogP) is 4.48. The lowest BCUT2D eigenvalue weighted by Crippen LogP contribution is -2.15. The molecule has 1 N–H and O–H groups in total. The highest BCUT2D eigenvalue weighted by Gasteiger charge is 2.17. The van der Waals surface area contributed by atoms with Gasteiger partial charge in [-0.25, -0.2) is 0 Å². The summed E-state index contributed by atoms with van der Waals surface area (Å²) in [5.41, 5.74) is 0.0158. The van der Waals surface area contributed by atoms with Gasteiger partial charge in [0.15, 0.2) is 0 Å². The Morgan fingerprint density at radius 2 is 1.84 bits per heavy atom. The van der Waals surface area contributed by atoms with E-state index in [1.54, 1.807) is 24.3 Å². The van der Waals surface area contributed by atoms with Gasteiger partial charge in [-0.15, -0.1) is 0 Å². The van der Waals surface area contributed by atoms with Gasteiger partial charge in [0, 0.05) is 30.1 Å². The molecule has 12 heteroatoms. The Balaban J connectivity index is 1.70. The topological polar surface area (TPSA) is 142 Å². The molecule has 0 spiro atoms. The number of aromatic nitrogens is 2. The number of carbonyl (C=O) groups excluding carboxylic acids is 1. The minimum absolute atomic E-state index is 0.0473. The van der Waals surface area contributed by atoms with Crippen molar-refractivity contribution in [3.05, 3.63) is 79.6 Å². The van der Waals surface area contributed by atoms with E-state index in [4.69, 9.17) is 16.3 Å². The lowest BCUT2D eigenvalue weighted by atomic mass is 10.2. The number of benzene rings is 2. The van der Waals surface area contributed by atoms with Gasteiger partial charge >= 0.3 is 5.69 Å². The van der Waals surface area contributed by atoms with E-state index in [0.717, 1.165) is 0 Å². The van der Waals surface area contributed by atoms with Crippen molar-refractivity contribution in [2.75, 3.05) is 5.32 Å². The van der Waals surface area contributed by atoms with Gasteiger partial charge in [0.2, 0.25) is 5.91 Å². The molecular weight excluding hydrogens is 430 g/mol. The summed E-state index contributed by atoms with van der Waals surface area (Å²) >= 11 is 5.83. The second-order valence-electron chi connectivity index (χ2n) is 6.45. The highest BCUT2D eigenvalue weighted by Crippen LogP contribution is 2.30. The van der Waals surface area contributed by atoms with Crippen LogP contribution in [0.5, 0.6) is 11.5 Å². The fraction of sp³-hybridized carbons (Fsp3) is 0.158. The summed E-state index contributed by atoms with van der Waals surface area (Å²) in [5, 5.41) is 29.2. The molecule has 160 valence electrons. The first-order chi connectivity index (χ1) is 14.7. The van der Waals surface area contributed by atoms with Crippen molar-refractivity contribution in [3.63, 3.8) is 0 Å². The maximum Gasteiger partial charge on any atom is 0.309 e. The largest absolute Gasteiger partial charge is 0.457 e. The van der Waals surface area contributed by atoms with Crippen LogP contribution in [0.1, 0.15) is 12.1 Å². The van der Waals surface area contributed by atoms with Crippen molar-refractivity contribution in [3.8, 4) is 11.5 Å². The number of hydrogen-bond donors (Lipinski definition) is 1. The normalized spacial score (nSPS) is 10.5. The van der Waals surface area contributed by atoms with Gasteiger partial charge in [-0.05, 0) is 31.2 Å². The second-order valence-corrected chi connectivity index (χ2v) is 6.88. The van der Waals surface area contributed by atoms with Crippen LogP contribution < -0.4 is 10.1 Å². The van der Waals surface area contributed by atoms with E-state index in [1.165, 1.54) is 36.0 Å². The van der Waals surface area contributed by atoms with E-state index in [-0.39, 0.29) is 41.5 Å². The Kier molecular flexibility index (Phi) is 6.46. The summed E-state index contributed by atoms with van der Waals surface area (Å²) in [6, 6.07) is 10.3. The molecule has 11 nitrogen and oxygen atoms in total. The third-order valence-corrected chi connectivity index (χ3v) is 4.37. The second kappa shape index (κ2) is 9.22. The fourth-order valence-corrected chi connectivity index (χ4v) is 2.83. The van der Waals surface area contributed by atoms with Crippen molar-refractivity contribution in [1.82, 2.24) is 9.78 Å². The number of carbonyl (C=O) groups is 1. The lowest BCUT2D eigenvalue weighted by Gasteiger charge is -2.10. The van der Waals surface area contributed by atoms with Crippen LogP contribution >= 0.6 is 11.6 Å². The van der Waals surface area contributed by atoms with E-state index < -0.39 is 15.8 Å². The number of aryl methyl sites for hydroxylation is 2. The van der Waals surface area contributed by atoms with Crippen LogP contribution in [0.25, 0.3) is 0 Å². The lowest BCUT2D eigenvalue weighted by molar-refractivity contribution is -0.385. The van der Waals surface area contributed by atoms with Gasteiger partial charge in [-0.3, -0.25) is 29.7 Å². The molecule has 3 aromatic rings. The molecular formula is C19H16ClN5O6. The van der Waals surface area contributed by atoms with Crippen LogP contribution in [0, 0.1) is 27.2 Å². The summed E-state index contributed by atoms with van der Waals surface area (Å²) in [6.07, 6.45) is 1.20. The van der Waals surface area contributed by atoms with Crippen LogP contribution in [0.2, 0.25) is 5.02 Å². The Morgan fingerprint density at radius 1 is 1.13 bits per heavy atom. The van der Waals surface area contributed by atoms with Crippen molar-refractivity contribution in [1.29, 1.82) is 0 Å². The molecule has 2 aromatic carbocycles. The molecule has 0 fully saturated rings. The van der Waals surface area contributed by atoms with Crippen LogP contribution in [0.3, 0.4) is 0 Å². The third kappa shape index (κ3) is 5.76. The number of ether oxygens (including phenoxy) is 1. The molecule has 0 unspecified atom stereocenters. The van der Waals surface area contributed by atoms with E-state index in [1.807, 2.05) is 0 Å². The Labute approximate surface area is 180 Å². The van der Waals surface area contributed by atoms with Gasteiger partial charge < -0.3 is 10.1 Å². The van der Waals surface area contributed by atoms with Crippen LogP contribution in [0.15, 0.2) is 48.7 Å². The first-order valence-corrected chi connectivity index (χ1v) is 9.30. The van der Waals surface area contributed by atoms with Gasteiger partial charge in [0.05, 0.1) is 21.6 Å². The van der Waals surface area contributed by atoms with Crippen molar-refractivity contribution < 1.29 is 19.4 Å². The number of nitro groups is 2. The average Bonchev–Trinajstić information content (AvgIpc) is 3.09. The first kappa shape index (κ1) is 21.7. The Morgan fingerprint density at radius 3 is 2.45 bits per heavy atom. The predicted molar refractivity (Wildman–Crippen MR) is 111 cm³/mol. The summed E-state index contributed by atoms with van der Waals surface area (Å²) in [6.45, 7) is 1.60. The maximum absolute atomic E-state index is 12.3. The zero-order valence-corrected chi connectivity index (χ0v) is 16.9. The van der Waals surface area contributed by atoms with E-state index >= 15 is 0 Å². The molecule has 0 aliphatic carbocycles. The number of nitro benzene ring substituents is 1. The van der Waals surface area contributed by atoms with E-state index in [2.05, 4.69) is 10.4 Å². The summed E-state index contributed by atoms with van der Waals surface area (Å²) in [5.74, 6) is 0.122. The number of rotatable bonds is 8. The van der Waals surface area contributed by atoms with Crippen molar-refractivity contribution in [2.24, 2.45) is 0 Å². The van der Waals surface area contributed by atoms with E-state index in [0.29, 0.717) is 10.8 Å². The van der Waals surface area contributed by atoms with Crippen molar-refractivity contribution in [2.45, 2.75) is 19.9 Å². The third-order valence-electron chi connectivity index (χ3n) is 4.12. The summed E-state index contributed by atoms with van der Waals surface area (Å²) in [7, 11) is 0. The fourth-order valence-electron chi connectivity index (χ4n) is 2.70. The smallest absolute Gasteiger partial charge is 0.309 e. The molecule has 0 radical (unpaired) electrons. The molecule has 31 heavy (non-hydrogen) atoms. The number of non-ortho nitro benzene ring substituents is 1. The highest BCUT2D eigenvalue weighted by molar-refractivity contribution is 6.30. The molecule has 3 rings (SSSR count). The quantitative estimate of drug-likeness (QED) is 0.397. The minimum atomic E-state index is -0.601. The molecule has 0 bridgehead atoms. The summed E-state index contributed by atoms with van der Waals surface area (Å²) < 4.78 is 6.92. The number of amides is 1. The minimum Gasteiger partial charge on any atom is -0.457 e. The molecule has 0 atom stereocenters. The van der Waals surface area contributed by atoms with Gasteiger partial charge in [0.1, 0.15) is 23.4 Å². The van der Waals surface area contributed by atoms with Gasteiger partial charge in [-0.2, -0.15) is 5.10 Å². The highest BCUT2D eigenvalue weighted by atomic mass is 35.5. The number of nitrogens with zero attached hydrogens (tertiary/aromatic N) is 4. The standard InChI is InChI=1S/C19H16ClN5O6/c1-12-18(25(29)30)11-23(22-12)7-6-19(26)21-14-8-15(24(27)28)10-17(9-14)31-16-4-2-13(20)3-5-16/h2-5,8-11H,6-7H2,1H3,(H,21,26). The van der Waals surface area contributed by atoms with Crippen LogP contribution in [-0.4, -0.2) is 25.5 Å². The van der Waals surface area contributed by atoms with Gasteiger partial charge in [-0.1, -0.05) is 11.6 Å². The molecule has 0 aliphatic rings. The maximum atomic E-state index is 12.3. The molecule has 0 aliphatic heterocycles. The SMILES string of the molecule is Cc1nn(CCC(=O)Nc2cc(Oc3ccc(Cl)cc3)cc([N+](=O)[O-])c2)cc1[N+](=O)[O-]. The summed E-state index contributed by atoms with van der Waals surface area (Å²) in [4.78, 5) is 33.3. The van der Waals surface area contributed by atoms with Crippen LogP contribution in [0.4, 0.5) is 17.1 Å². The van der Waals surface area contributed by atoms with Gasteiger partial charge in [0.25, 0.3) is 5.69 Å². The van der Waals surface area contributed by atoms with E-state index in [9.17, 15) is 25.0 Å². The van der Waals surface area contributed by atoms with Crippen molar-refractivity contribution >= 4 is 34.6 Å². The molecule has 1 aromatic heterocycles. The number of halogens is 1.